The predicted molar refractivity (Wildman–Crippen MR) is 62.4 cm³/mol. The van der Waals surface area contributed by atoms with Crippen LogP contribution in [0.3, 0.4) is 0 Å². The maximum atomic E-state index is 13.4. The fourth-order valence-corrected chi connectivity index (χ4v) is 1.93. The number of aryl methyl sites for hydroxylation is 1. The van der Waals surface area contributed by atoms with Crippen LogP contribution >= 0.6 is 0 Å². The van der Waals surface area contributed by atoms with E-state index in [1.54, 1.807) is 0 Å². The zero-order valence-electron chi connectivity index (χ0n) is 10.2. The zero-order valence-corrected chi connectivity index (χ0v) is 10.2. The Morgan fingerprint density at radius 2 is 2.00 bits per heavy atom. The molecule has 1 aliphatic rings. The molecule has 18 heavy (non-hydrogen) atoms. The smallest absolute Gasteiger partial charge is 0.270 e. The summed E-state index contributed by atoms with van der Waals surface area (Å²) in [5.74, 6) is -2.01. The Morgan fingerprint density at radius 1 is 1.28 bits per heavy atom. The number of rotatable bonds is 4. The summed E-state index contributed by atoms with van der Waals surface area (Å²) in [4.78, 5) is 0. The third kappa shape index (κ3) is 2.72. The van der Waals surface area contributed by atoms with Gasteiger partial charge in [-0.2, -0.15) is 0 Å². The zero-order chi connectivity index (χ0) is 13.2. The summed E-state index contributed by atoms with van der Waals surface area (Å²) in [5.41, 5.74) is 0.581. The maximum absolute atomic E-state index is 13.4. The van der Waals surface area contributed by atoms with Crippen molar-refractivity contribution in [3.63, 3.8) is 0 Å². The molecule has 0 aliphatic carbocycles. The van der Waals surface area contributed by atoms with Crippen molar-refractivity contribution in [1.82, 2.24) is 0 Å². The molecule has 3 nitrogen and oxygen atoms in total. The Labute approximate surface area is 104 Å². The van der Waals surface area contributed by atoms with E-state index in [-0.39, 0.29) is 12.2 Å². The summed E-state index contributed by atoms with van der Waals surface area (Å²) in [7, 11) is 0. The van der Waals surface area contributed by atoms with Gasteiger partial charge in [0.2, 0.25) is 0 Å². The minimum Gasteiger partial charge on any atom is -0.486 e. The summed E-state index contributed by atoms with van der Waals surface area (Å²) in [6.45, 7) is 1.66. The van der Waals surface area contributed by atoms with E-state index in [1.807, 2.05) is 0 Å². The maximum Gasteiger partial charge on any atom is 0.270 e. The second kappa shape index (κ2) is 5.10. The van der Waals surface area contributed by atoms with Gasteiger partial charge in [-0.3, -0.25) is 0 Å². The number of hydrogen-bond acceptors (Lipinski definition) is 3. The Morgan fingerprint density at radius 3 is 2.67 bits per heavy atom. The van der Waals surface area contributed by atoms with Gasteiger partial charge in [0.25, 0.3) is 5.92 Å². The predicted octanol–water partition coefficient (Wildman–Crippen LogP) is 2.49. The standard InChI is InChI=1S/C13H16F2O3/c1-13(14,15)10-7-9(3-2-4-16)12-11(8-10)17-5-6-18-12/h7-8,16H,2-6H2,1H3. The number of ether oxygens (including phenoxy) is 2. The molecule has 100 valence electrons. The minimum absolute atomic E-state index is 0.0162. The first-order valence-corrected chi connectivity index (χ1v) is 5.94. The molecule has 0 atom stereocenters. The molecule has 0 bridgehead atoms. The average molecular weight is 258 g/mol. The SMILES string of the molecule is CC(F)(F)c1cc(CCCO)c2c(c1)OCCO2. The summed E-state index contributed by atoms with van der Waals surface area (Å²) in [6, 6.07) is 2.76. The topological polar surface area (TPSA) is 38.7 Å². The van der Waals surface area contributed by atoms with Crippen LogP contribution in [0.2, 0.25) is 0 Å². The van der Waals surface area contributed by atoms with Crippen LogP contribution in [-0.2, 0) is 12.3 Å². The quantitative estimate of drug-likeness (QED) is 0.901. The third-order valence-corrected chi connectivity index (χ3v) is 2.83. The molecular weight excluding hydrogens is 242 g/mol. The highest BCUT2D eigenvalue weighted by atomic mass is 19.3. The van der Waals surface area contributed by atoms with Gasteiger partial charge in [0, 0.05) is 19.1 Å². The number of hydrogen-bond donors (Lipinski definition) is 1. The molecule has 0 saturated carbocycles. The Bertz CT molecular complexity index is 427. The first-order valence-electron chi connectivity index (χ1n) is 5.94. The van der Waals surface area contributed by atoms with E-state index in [0.29, 0.717) is 43.1 Å². The molecule has 2 rings (SSSR count). The van der Waals surface area contributed by atoms with Crippen molar-refractivity contribution < 1.29 is 23.4 Å². The van der Waals surface area contributed by atoms with E-state index < -0.39 is 5.92 Å². The van der Waals surface area contributed by atoms with Crippen molar-refractivity contribution in [2.75, 3.05) is 19.8 Å². The molecule has 0 aromatic heterocycles. The van der Waals surface area contributed by atoms with Gasteiger partial charge in [-0.15, -0.1) is 0 Å². The molecular formula is C13H16F2O3. The molecule has 1 aromatic carbocycles. The molecule has 0 fully saturated rings. The fourth-order valence-electron chi connectivity index (χ4n) is 1.93. The van der Waals surface area contributed by atoms with E-state index in [0.717, 1.165) is 6.92 Å². The van der Waals surface area contributed by atoms with Crippen molar-refractivity contribution in [2.24, 2.45) is 0 Å². The van der Waals surface area contributed by atoms with Crippen LogP contribution < -0.4 is 9.47 Å². The van der Waals surface area contributed by atoms with Gasteiger partial charge in [-0.05, 0) is 30.5 Å². The molecule has 1 heterocycles. The summed E-state index contributed by atoms with van der Waals surface area (Å²) < 4.78 is 37.6. The molecule has 0 radical (unpaired) electrons. The summed E-state index contributed by atoms with van der Waals surface area (Å²) >= 11 is 0. The lowest BCUT2D eigenvalue weighted by Crippen LogP contribution is -2.18. The molecule has 0 unspecified atom stereocenters. The lowest BCUT2D eigenvalue weighted by Gasteiger charge is -2.23. The molecule has 1 aromatic rings. The number of alkyl halides is 2. The molecule has 1 N–H and O–H groups in total. The Kier molecular flexibility index (Phi) is 3.71. The second-order valence-corrected chi connectivity index (χ2v) is 4.38. The van der Waals surface area contributed by atoms with Crippen LogP contribution in [0.1, 0.15) is 24.5 Å². The van der Waals surface area contributed by atoms with Gasteiger partial charge < -0.3 is 14.6 Å². The number of aliphatic hydroxyl groups excluding tert-OH is 1. The van der Waals surface area contributed by atoms with Crippen molar-refractivity contribution in [3.8, 4) is 11.5 Å². The second-order valence-electron chi connectivity index (χ2n) is 4.38. The van der Waals surface area contributed by atoms with Crippen LogP contribution in [0.5, 0.6) is 11.5 Å². The number of aliphatic hydroxyl groups is 1. The lowest BCUT2D eigenvalue weighted by molar-refractivity contribution is 0.0168. The van der Waals surface area contributed by atoms with E-state index in [2.05, 4.69) is 0 Å². The van der Waals surface area contributed by atoms with E-state index in [4.69, 9.17) is 14.6 Å². The van der Waals surface area contributed by atoms with Crippen LogP contribution in [0.25, 0.3) is 0 Å². The number of halogens is 2. The van der Waals surface area contributed by atoms with Gasteiger partial charge in [0.05, 0.1) is 0 Å². The van der Waals surface area contributed by atoms with Crippen LogP contribution in [-0.4, -0.2) is 24.9 Å². The Hall–Kier alpha value is -1.36. The van der Waals surface area contributed by atoms with Gasteiger partial charge in [0.1, 0.15) is 13.2 Å². The fraction of sp³-hybridized carbons (Fsp3) is 0.538. The van der Waals surface area contributed by atoms with E-state index in [1.165, 1.54) is 12.1 Å². The highest BCUT2D eigenvalue weighted by Crippen LogP contribution is 2.40. The van der Waals surface area contributed by atoms with E-state index >= 15 is 0 Å². The molecule has 1 aliphatic heterocycles. The molecule has 5 heteroatoms. The van der Waals surface area contributed by atoms with E-state index in [9.17, 15) is 8.78 Å². The molecule has 0 saturated heterocycles. The largest absolute Gasteiger partial charge is 0.486 e. The van der Waals surface area contributed by atoms with Gasteiger partial charge in [-0.1, -0.05) is 0 Å². The number of fused-ring (bicyclic) bond motifs is 1. The molecule has 0 spiro atoms. The Balaban J connectivity index is 2.41. The van der Waals surface area contributed by atoms with Crippen LogP contribution in [0.4, 0.5) is 8.78 Å². The van der Waals surface area contributed by atoms with Gasteiger partial charge in [-0.25, -0.2) is 8.78 Å². The molecule has 0 amide bonds. The minimum atomic E-state index is -2.91. The number of benzene rings is 1. The monoisotopic (exact) mass is 258 g/mol. The average Bonchev–Trinajstić information content (AvgIpc) is 2.34. The van der Waals surface area contributed by atoms with Gasteiger partial charge in [0.15, 0.2) is 11.5 Å². The first kappa shape index (κ1) is 13.1. The van der Waals surface area contributed by atoms with Crippen LogP contribution in [0.15, 0.2) is 12.1 Å². The lowest BCUT2D eigenvalue weighted by atomic mass is 10.0. The van der Waals surface area contributed by atoms with Crippen molar-refractivity contribution in [2.45, 2.75) is 25.7 Å². The summed E-state index contributed by atoms with van der Waals surface area (Å²) in [5, 5.41) is 8.84. The van der Waals surface area contributed by atoms with Crippen LogP contribution in [0, 0.1) is 0 Å². The van der Waals surface area contributed by atoms with Gasteiger partial charge >= 0.3 is 0 Å². The highest BCUT2D eigenvalue weighted by molar-refractivity contribution is 5.51. The summed E-state index contributed by atoms with van der Waals surface area (Å²) in [6.07, 6.45) is 1.00. The highest BCUT2D eigenvalue weighted by Gasteiger charge is 2.28. The normalized spacial score (nSPS) is 14.7. The third-order valence-electron chi connectivity index (χ3n) is 2.83. The van der Waals surface area contributed by atoms with Crippen molar-refractivity contribution in [3.05, 3.63) is 23.3 Å². The van der Waals surface area contributed by atoms with Crippen molar-refractivity contribution in [1.29, 1.82) is 0 Å². The van der Waals surface area contributed by atoms with Crippen molar-refractivity contribution >= 4 is 0 Å². The first-order chi connectivity index (χ1) is 8.52.